The molecule has 1 aliphatic carbocycles. The lowest BCUT2D eigenvalue weighted by atomic mass is 10.1. The Bertz CT molecular complexity index is 1030. The summed E-state index contributed by atoms with van der Waals surface area (Å²) in [6, 6.07) is 11.5. The molecule has 0 saturated heterocycles. The van der Waals surface area contributed by atoms with Gasteiger partial charge >= 0.3 is 0 Å². The molecule has 0 radical (unpaired) electrons. The van der Waals surface area contributed by atoms with Crippen molar-refractivity contribution < 1.29 is 18.7 Å². The largest absolute Gasteiger partial charge is 0.497 e. The minimum Gasteiger partial charge on any atom is -0.497 e. The number of anilines is 1. The van der Waals surface area contributed by atoms with E-state index >= 15 is 0 Å². The fourth-order valence-corrected chi connectivity index (χ4v) is 4.12. The predicted octanol–water partition coefficient (Wildman–Crippen LogP) is 4.36. The van der Waals surface area contributed by atoms with Gasteiger partial charge in [-0.05, 0) is 54.7 Å². The summed E-state index contributed by atoms with van der Waals surface area (Å²) >= 11 is 1.35. The quantitative estimate of drug-likeness (QED) is 0.537. The maximum atomic E-state index is 12.3. The number of ether oxygens (including phenoxy) is 2. The van der Waals surface area contributed by atoms with E-state index in [2.05, 4.69) is 27.6 Å². The van der Waals surface area contributed by atoms with E-state index in [-0.39, 0.29) is 5.91 Å². The van der Waals surface area contributed by atoms with Gasteiger partial charge in [0.2, 0.25) is 11.8 Å². The molecule has 0 unspecified atom stereocenters. The first kappa shape index (κ1) is 20.3. The van der Waals surface area contributed by atoms with Crippen LogP contribution in [0.5, 0.6) is 11.5 Å². The van der Waals surface area contributed by atoms with Gasteiger partial charge in [-0.1, -0.05) is 17.8 Å². The summed E-state index contributed by atoms with van der Waals surface area (Å²) in [6.45, 7) is 0. The summed E-state index contributed by atoms with van der Waals surface area (Å²) in [5, 5.41) is 11.5. The molecule has 2 aromatic carbocycles. The van der Waals surface area contributed by atoms with E-state index in [1.165, 1.54) is 29.3 Å². The molecule has 0 atom stereocenters. The highest BCUT2D eigenvalue weighted by atomic mass is 32.2. The van der Waals surface area contributed by atoms with Gasteiger partial charge in [0.15, 0.2) is 0 Å². The Morgan fingerprint density at radius 1 is 1.07 bits per heavy atom. The average molecular weight is 426 g/mol. The van der Waals surface area contributed by atoms with Crippen molar-refractivity contribution in [3.8, 4) is 23.0 Å². The average Bonchev–Trinajstić information content (AvgIpc) is 3.42. The van der Waals surface area contributed by atoms with Crippen LogP contribution in [0.2, 0.25) is 0 Å². The van der Waals surface area contributed by atoms with Gasteiger partial charge < -0.3 is 19.2 Å². The van der Waals surface area contributed by atoms with Gasteiger partial charge in [-0.2, -0.15) is 0 Å². The van der Waals surface area contributed by atoms with Crippen molar-refractivity contribution in [3.63, 3.8) is 0 Å². The number of carbonyl (C=O) groups excluding carboxylic acids is 1. The number of hydrogen-bond acceptors (Lipinski definition) is 7. The first-order valence-corrected chi connectivity index (χ1v) is 10.7. The molecule has 1 aliphatic rings. The van der Waals surface area contributed by atoms with Crippen LogP contribution in [-0.2, 0) is 17.6 Å². The van der Waals surface area contributed by atoms with Crippen LogP contribution in [0.1, 0.15) is 24.0 Å². The predicted molar refractivity (Wildman–Crippen MR) is 115 cm³/mol. The highest BCUT2D eigenvalue weighted by Gasteiger charge is 2.14. The summed E-state index contributed by atoms with van der Waals surface area (Å²) in [6.07, 6.45) is 3.77. The molecule has 7 nitrogen and oxygen atoms in total. The number of rotatable bonds is 8. The minimum absolute atomic E-state index is 0.0299. The Morgan fingerprint density at radius 2 is 1.83 bits per heavy atom. The van der Waals surface area contributed by atoms with E-state index in [1.54, 1.807) is 32.4 Å². The molecule has 0 fully saturated rings. The van der Waals surface area contributed by atoms with E-state index < -0.39 is 0 Å². The molecule has 30 heavy (non-hydrogen) atoms. The lowest BCUT2D eigenvalue weighted by molar-refractivity contribution is -0.115. The molecule has 0 aliphatic heterocycles. The van der Waals surface area contributed by atoms with Crippen LogP contribution >= 0.6 is 11.8 Å². The Labute approximate surface area is 179 Å². The molecule has 0 spiro atoms. The summed E-state index contributed by atoms with van der Waals surface area (Å²) in [4.78, 5) is 12.3. The van der Waals surface area contributed by atoms with Crippen molar-refractivity contribution >= 4 is 23.4 Å². The number of thioether (sulfide) groups is 1. The van der Waals surface area contributed by atoms with Crippen LogP contribution in [0.15, 0.2) is 46.0 Å². The van der Waals surface area contributed by atoms with Gasteiger partial charge in [0, 0.05) is 29.5 Å². The molecular formula is C22H23N3O4S. The molecular weight excluding hydrogens is 402 g/mol. The molecule has 156 valence electrons. The third kappa shape index (κ3) is 4.76. The highest BCUT2D eigenvalue weighted by Crippen LogP contribution is 2.30. The number of nitrogens with one attached hydrogen (secondary N) is 1. The Kier molecular flexibility index (Phi) is 6.23. The van der Waals surface area contributed by atoms with Crippen molar-refractivity contribution in [2.24, 2.45) is 0 Å². The zero-order chi connectivity index (χ0) is 20.9. The molecule has 0 bridgehead atoms. The molecule has 4 rings (SSSR count). The van der Waals surface area contributed by atoms with Gasteiger partial charge in [0.1, 0.15) is 11.5 Å². The second kappa shape index (κ2) is 9.21. The molecule has 1 aromatic heterocycles. The van der Waals surface area contributed by atoms with Gasteiger partial charge in [0.25, 0.3) is 5.22 Å². The normalized spacial score (nSPS) is 12.5. The molecule has 0 saturated carbocycles. The Balaban J connectivity index is 1.31. The highest BCUT2D eigenvalue weighted by molar-refractivity contribution is 7.99. The minimum atomic E-state index is -0.0299. The fourth-order valence-electron chi connectivity index (χ4n) is 3.42. The van der Waals surface area contributed by atoms with Gasteiger partial charge in [-0.3, -0.25) is 4.79 Å². The SMILES string of the molecule is COc1cc(OC)cc(-c2nnc(SCCC(=O)Nc3ccc4c(c3)CCC4)o2)c1. The number of nitrogens with zero attached hydrogens (tertiary/aromatic N) is 2. The van der Waals surface area contributed by atoms with E-state index in [1.807, 2.05) is 6.07 Å². The van der Waals surface area contributed by atoms with E-state index in [0.717, 1.165) is 18.5 Å². The summed E-state index contributed by atoms with van der Waals surface area (Å²) in [5.41, 5.74) is 4.30. The number of hydrogen-bond donors (Lipinski definition) is 1. The van der Waals surface area contributed by atoms with E-state index in [0.29, 0.717) is 40.3 Å². The number of methoxy groups -OCH3 is 2. The van der Waals surface area contributed by atoms with Crippen molar-refractivity contribution in [1.82, 2.24) is 10.2 Å². The topological polar surface area (TPSA) is 86.5 Å². The standard InChI is InChI=1S/C22H23N3O4S/c1-27-18-11-16(12-19(13-18)28-2)21-24-25-22(29-21)30-9-8-20(26)23-17-7-6-14-4-3-5-15(14)10-17/h6-7,10-13H,3-5,8-9H2,1-2H3,(H,23,26). The molecule has 3 aromatic rings. The zero-order valence-electron chi connectivity index (χ0n) is 16.9. The first-order valence-electron chi connectivity index (χ1n) is 9.76. The van der Waals surface area contributed by atoms with Crippen LogP contribution < -0.4 is 14.8 Å². The third-order valence-electron chi connectivity index (χ3n) is 4.94. The Morgan fingerprint density at radius 3 is 2.60 bits per heavy atom. The van der Waals surface area contributed by atoms with Crippen molar-refractivity contribution in [1.29, 1.82) is 0 Å². The van der Waals surface area contributed by atoms with E-state index in [9.17, 15) is 4.79 Å². The van der Waals surface area contributed by atoms with Crippen molar-refractivity contribution in [2.45, 2.75) is 30.9 Å². The number of aryl methyl sites for hydroxylation is 2. The van der Waals surface area contributed by atoms with Crippen LogP contribution in [0.25, 0.3) is 11.5 Å². The van der Waals surface area contributed by atoms with E-state index in [4.69, 9.17) is 13.9 Å². The monoisotopic (exact) mass is 425 g/mol. The maximum absolute atomic E-state index is 12.3. The molecule has 1 amide bonds. The van der Waals surface area contributed by atoms with Gasteiger partial charge in [0.05, 0.1) is 14.2 Å². The Hall–Kier alpha value is -3.00. The fraction of sp³-hybridized carbons (Fsp3) is 0.318. The molecule has 8 heteroatoms. The second-order valence-electron chi connectivity index (χ2n) is 6.96. The number of amides is 1. The van der Waals surface area contributed by atoms with Crippen molar-refractivity contribution in [2.75, 3.05) is 25.3 Å². The summed E-state index contributed by atoms with van der Waals surface area (Å²) in [7, 11) is 3.17. The van der Waals surface area contributed by atoms with Crippen LogP contribution in [-0.4, -0.2) is 36.1 Å². The zero-order valence-corrected chi connectivity index (χ0v) is 17.8. The second-order valence-corrected chi connectivity index (χ2v) is 8.00. The van der Waals surface area contributed by atoms with Crippen molar-refractivity contribution in [3.05, 3.63) is 47.5 Å². The summed E-state index contributed by atoms with van der Waals surface area (Å²) < 4.78 is 16.3. The third-order valence-corrected chi connectivity index (χ3v) is 5.76. The first-order chi connectivity index (χ1) is 14.6. The summed E-state index contributed by atoms with van der Waals surface area (Å²) in [5.74, 6) is 2.16. The van der Waals surface area contributed by atoms with Crippen LogP contribution in [0.3, 0.4) is 0 Å². The van der Waals surface area contributed by atoms with Gasteiger partial charge in [-0.15, -0.1) is 10.2 Å². The molecule has 1 heterocycles. The smallest absolute Gasteiger partial charge is 0.276 e. The molecule has 1 N–H and O–H groups in total. The maximum Gasteiger partial charge on any atom is 0.276 e. The number of fused-ring (bicyclic) bond motifs is 1. The number of benzene rings is 2. The number of carbonyl (C=O) groups is 1. The number of aromatic nitrogens is 2. The lowest BCUT2D eigenvalue weighted by Gasteiger charge is -2.07. The van der Waals surface area contributed by atoms with Gasteiger partial charge in [-0.25, -0.2) is 0 Å². The van der Waals surface area contributed by atoms with Crippen LogP contribution in [0, 0.1) is 0 Å². The lowest BCUT2D eigenvalue weighted by Crippen LogP contribution is -2.12. The van der Waals surface area contributed by atoms with Crippen LogP contribution in [0.4, 0.5) is 5.69 Å².